The van der Waals surface area contributed by atoms with Crippen molar-refractivity contribution in [1.29, 1.82) is 0 Å². The molecule has 7 nitrogen and oxygen atoms in total. The number of nitrogens with zero attached hydrogens (tertiary/aromatic N) is 3. The molecule has 0 aliphatic carbocycles. The summed E-state index contributed by atoms with van der Waals surface area (Å²) in [7, 11) is 0. The number of carbonyl (C=O) groups excluding carboxylic acids is 1. The van der Waals surface area contributed by atoms with Crippen molar-refractivity contribution < 1.29 is 14.4 Å². The van der Waals surface area contributed by atoms with Crippen LogP contribution in [0.5, 0.6) is 11.6 Å². The molecule has 0 saturated heterocycles. The molecule has 31 heavy (non-hydrogen) atoms. The third-order valence-electron chi connectivity index (χ3n) is 5.11. The fourth-order valence-electron chi connectivity index (χ4n) is 3.59. The summed E-state index contributed by atoms with van der Waals surface area (Å²) in [6, 6.07) is 20.7. The predicted octanol–water partition coefficient (Wildman–Crippen LogP) is 3.88. The Morgan fingerprint density at radius 2 is 1.87 bits per heavy atom. The number of aromatic nitrogens is 1. The molecule has 0 bridgehead atoms. The summed E-state index contributed by atoms with van der Waals surface area (Å²) in [4.78, 5) is 24.5. The van der Waals surface area contributed by atoms with Crippen molar-refractivity contribution in [3.63, 3.8) is 0 Å². The number of ether oxygens (including phenoxy) is 1. The Balaban J connectivity index is 1.48. The highest BCUT2D eigenvalue weighted by molar-refractivity contribution is 6.00. The van der Waals surface area contributed by atoms with Crippen LogP contribution in [0.4, 0.5) is 5.69 Å². The molecule has 1 aromatic heterocycles. The van der Waals surface area contributed by atoms with Crippen molar-refractivity contribution in [1.82, 2.24) is 4.98 Å². The van der Waals surface area contributed by atoms with Crippen molar-refractivity contribution in [3.8, 4) is 11.6 Å². The molecular formula is C24H24N4O3. The van der Waals surface area contributed by atoms with E-state index >= 15 is 0 Å². The van der Waals surface area contributed by atoms with Crippen LogP contribution in [0.1, 0.15) is 25.0 Å². The number of amides is 1. The third-order valence-corrected chi connectivity index (χ3v) is 5.11. The highest BCUT2D eigenvalue weighted by Crippen LogP contribution is 2.32. The maximum atomic E-state index is 13.0. The second-order valence-corrected chi connectivity index (χ2v) is 7.39. The highest BCUT2D eigenvalue weighted by atomic mass is 16.6. The van der Waals surface area contributed by atoms with Crippen LogP contribution in [0.15, 0.2) is 78.1 Å². The lowest BCUT2D eigenvalue weighted by molar-refractivity contribution is -0.129. The summed E-state index contributed by atoms with van der Waals surface area (Å²) in [5.74, 6) is 0.843. The third kappa shape index (κ3) is 4.35. The minimum Gasteiger partial charge on any atom is -0.438 e. The van der Waals surface area contributed by atoms with Gasteiger partial charge in [0.2, 0.25) is 12.0 Å². The van der Waals surface area contributed by atoms with E-state index in [0.29, 0.717) is 17.2 Å². The zero-order valence-electron chi connectivity index (χ0n) is 17.4. The van der Waals surface area contributed by atoms with E-state index in [-0.39, 0.29) is 17.8 Å². The van der Waals surface area contributed by atoms with Crippen molar-refractivity contribution in [3.05, 3.63) is 84.1 Å². The Hall–Kier alpha value is -3.87. The van der Waals surface area contributed by atoms with Crippen LogP contribution < -0.4 is 15.4 Å². The number of amidine groups is 1. The first-order valence-corrected chi connectivity index (χ1v) is 10.1. The molecule has 2 aromatic carbocycles. The van der Waals surface area contributed by atoms with Gasteiger partial charge in [-0.05, 0) is 56.2 Å². The van der Waals surface area contributed by atoms with Gasteiger partial charge in [0, 0.05) is 17.9 Å². The summed E-state index contributed by atoms with van der Waals surface area (Å²) in [5, 5.41) is 4.00. The van der Waals surface area contributed by atoms with Gasteiger partial charge in [-0.2, -0.15) is 0 Å². The van der Waals surface area contributed by atoms with Crippen molar-refractivity contribution in [2.24, 2.45) is 10.9 Å². The van der Waals surface area contributed by atoms with Gasteiger partial charge in [0.15, 0.2) is 5.84 Å². The molecule has 0 saturated carbocycles. The molecule has 4 rings (SSSR count). The monoisotopic (exact) mass is 416 g/mol. The average molecular weight is 416 g/mol. The van der Waals surface area contributed by atoms with E-state index in [2.05, 4.69) is 10.1 Å². The summed E-state index contributed by atoms with van der Waals surface area (Å²) in [5.41, 5.74) is 8.68. The number of hydrogen-bond acceptors (Lipinski definition) is 5. The Bertz CT molecular complexity index is 1100. The first-order valence-electron chi connectivity index (χ1n) is 10.1. The molecule has 3 aromatic rings. The molecule has 1 amide bonds. The minimum atomic E-state index is -0.803. The van der Waals surface area contributed by atoms with Crippen molar-refractivity contribution >= 4 is 17.4 Å². The van der Waals surface area contributed by atoms with E-state index < -0.39 is 6.10 Å². The first kappa shape index (κ1) is 20.4. The summed E-state index contributed by atoms with van der Waals surface area (Å²) < 4.78 is 5.82. The maximum absolute atomic E-state index is 13.0. The molecule has 2 N–H and O–H groups in total. The fourth-order valence-corrected chi connectivity index (χ4v) is 3.59. The van der Waals surface area contributed by atoms with Crippen LogP contribution in [0.3, 0.4) is 0 Å². The Morgan fingerprint density at radius 1 is 1.13 bits per heavy atom. The number of carbonyl (C=O) groups is 1. The van der Waals surface area contributed by atoms with E-state index in [4.69, 9.17) is 15.3 Å². The average Bonchev–Trinajstić information content (AvgIpc) is 3.13. The number of pyridine rings is 1. The van der Waals surface area contributed by atoms with Gasteiger partial charge in [0.25, 0.3) is 5.91 Å². The van der Waals surface area contributed by atoms with Crippen LogP contribution in [-0.2, 0) is 16.1 Å². The number of oxime groups is 1. The van der Waals surface area contributed by atoms with E-state index in [0.717, 1.165) is 17.7 Å². The lowest BCUT2D eigenvalue weighted by atomic mass is 10.1. The van der Waals surface area contributed by atoms with E-state index in [9.17, 15) is 4.79 Å². The largest absolute Gasteiger partial charge is 0.438 e. The van der Waals surface area contributed by atoms with Gasteiger partial charge in [-0.25, -0.2) is 4.98 Å². The molecule has 1 aliphatic heterocycles. The molecule has 0 spiro atoms. The number of anilines is 1. The SMILES string of the molecule is CC(ON=C(N)c1cccnc1Oc1ccccc1)C(=O)N1c2ccccc2CC1C. The van der Waals surface area contributed by atoms with Crippen molar-refractivity contribution in [2.75, 3.05) is 4.90 Å². The maximum Gasteiger partial charge on any atom is 0.270 e. The zero-order chi connectivity index (χ0) is 21.8. The van der Waals surface area contributed by atoms with Crippen molar-refractivity contribution in [2.45, 2.75) is 32.4 Å². The molecule has 0 fully saturated rings. The van der Waals surface area contributed by atoms with E-state index in [1.807, 2.05) is 61.5 Å². The molecule has 2 atom stereocenters. The molecule has 2 unspecified atom stereocenters. The second kappa shape index (κ2) is 8.87. The number of para-hydroxylation sites is 2. The van der Waals surface area contributed by atoms with Gasteiger partial charge in [0.1, 0.15) is 5.75 Å². The van der Waals surface area contributed by atoms with Crippen LogP contribution in [0.25, 0.3) is 0 Å². The topological polar surface area (TPSA) is 90.0 Å². The second-order valence-electron chi connectivity index (χ2n) is 7.39. The summed E-state index contributed by atoms with van der Waals surface area (Å²) in [6.07, 6.45) is 1.62. The number of hydrogen-bond donors (Lipinski definition) is 1. The molecular weight excluding hydrogens is 392 g/mol. The summed E-state index contributed by atoms with van der Waals surface area (Å²) >= 11 is 0. The normalized spacial score (nSPS) is 16.5. The predicted molar refractivity (Wildman–Crippen MR) is 119 cm³/mol. The summed E-state index contributed by atoms with van der Waals surface area (Å²) in [6.45, 7) is 3.68. The number of nitrogens with two attached hydrogens (primary N) is 1. The highest BCUT2D eigenvalue weighted by Gasteiger charge is 2.34. The van der Waals surface area contributed by atoms with Gasteiger partial charge in [-0.1, -0.05) is 41.6 Å². The minimum absolute atomic E-state index is 0.0569. The molecule has 1 aliphatic rings. The Morgan fingerprint density at radius 3 is 2.68 bits per heavy atom. The van der Waals surface area contributed by atoms with Gasteiger partial charge in [-0.3, -0.25) is 4.79 Å². The smallest absolute Gasteiger partial charge is 0.270 e. The molecule has 158 valence electrons. The van der Waals surface area contributed by atoms with Gasteiger partial charge >= 0.3 is 0 Å². The van der Waals surface area contributed by atoms with E-state index in [1.54, 1.807) is 30.2 Å². The van der Waals surface area contributed by atoms with Gasteiger partial charge in [-0.15, -0.1) is 0 Å². The Labute approximate surface area is 181 Å². The molecule has 0 radical (unpaired) electrons. The fraction of sp³-hybridized carbons (Fsp3) is 0.208. The number of fused-ring (bicyclic) bond motifs is 1. The lowest BCUT2D eigenvalue weighted by Crippen LogP contribution is -2.42. The van der Waals surface area contributed by atoms with Crippen LogP contribution >= 0.6 is 0 Å². The quantitative estimate of drug-likeness (QED) is 0.374. The standard InChI is InChI=1S/C24H24N4O3/c1-16-15-18-9-6-7-13-21(18)28(16)24(29)17(2)31-27-22(25)20-12-8-14-26-23(20)30-19-10-4-3-5-11-19/h3-14,16-17H,15H2,1-2H3,(H2,25,27). The van der Waals surface area contributed by atoms with Crippen LogP contribution in [0, 0.1) is 0 Å². The molecule has 7 heteroatoms. The number of benzene rings is 2. The number of rotatable bonds is 6. The van der Waals surface area contributed by atoms with Crippen LogP contribution in [-0.4, -0.2) is 28.9 Å². The van der Waals surface area contributed by atoms with Gasteiger partial charge in [0.05, 0.1) is 5.56 Å². The first-order chi connectivity index (χ1) is 15.0. The van der Waals surface area contributed by atoms with Gasteiger partial charge < -0.3 is 20.2 Å². The Kier molecular flexibility index (Phi) is 5.84. The molecule has 2 heterocycles. The lowest BCUT2D eigenvalue weighted by Gasteiger charge is -2.25. The van der Waals surface area contributed by atoms with E-state index in [1.165, 1.54) is 0 Å². The zero-order valence-corrected chi connectivity index (χ0v) is 17.4. The van der Waals surface area contributed by atoms with Crippen LogP contribution in [0.2, 0.25) is 0 Å².